The molecule has 2 unspecified atom stereocenters. The fourth-order valence-electron chi connectivity index (χ4n) is 3.23. The summed E-state index contributed by atoms with van der Waals surface area (Å²) in [6.07, 6.45) is 17.8. The predicted molar refractivity (Wildman–Crippen MR) is 85.0 cm³/mol. The van der Waals surface area contributed by atoms with E-state index >= 15 is 0 Å². The smallest absolute Gasteiger partial charge is 0.303 e. The van der Waals surface area contributed by atoms with E-state index < -0.39 is 5.97 Å². The van der Waals surface area contributed by atoms with E-state index in [1.807, 2.05) is 0 Å². The number of carboxylic acids is 1. The zero-order valence-electron chi connectivity index (χ0n) is 14.1. The van der Waals surface area contributed by atoms with Gasteiger partial charge in [0.25, 0.3) is 0 Å². The summed E-state index contributed by atoms with van der Waals surface area (Å²) in [6, 6.07) is 0. The Balaban J connectivity index is 1.84. The maximum Gasteiger partial charge on any atom is 0.303 e. The zero-order valence-corrected chi connectivity index (χ0v) is 13.1. The van der Waals surface area contributed by atoms with Gasteiger partial charge in [-0.3, -0.25) is 4.79 Å². The Bertz CT molecular complexity index is 268. The van der Waals surface area contributed by atoms with Crippen molar-refractivity contribution in [2.75, 3.05) is 0 Å². The van der Waals surface area contributed by atoms with Gasteiger partial charge in [0.2, 0.25) is 0 Å². The molecule has 1 N–H and O–H groups in total. The third-order valence-corrected chi connectivity index (χ3v) is 4.52. The molecular formula is C18H34O2. The van der Waals surface area contributed by atoms with Gasteiger partial charge in [-0.15, -0.1) is 0 Å². The van der Waals surface area contributed by atoms with Crippen LogP contribution in [0, 0.1) is 5.92 Å². The molecule has 1 fully saturated rings. The Morgan fingerprint density at radius 1 is 0.900 bits per heavy atom. The van der Waals surface area contributed by atoms with Crippen molar-refractivity contribution in [2.24, 2.45) is 5.92 Å². The minimum atomic E-state index is -0.663. The summed E-state index contributed by atoms with van der Waals surface area (Å²) >= 11 is 0. The number of carboxylic acid groups (broad SMARTS) is 1. The van der Waals surface area contributed by atoms with E-state index in [1.165, 1.54) is 64.2 Å². The van der Waals surface area contributed by atoms with Gasteiger partial charge in [0, 0.05) is 7.79 Å². The highest BCUT2D eigenvalue weighted by atomic mass is 16.4. The first kappa shape index (κ1) is 15.9. The van der Waals surface area contributed by atoms with Crippen LogP contribution in [0.2, 0.25) is 0 Å². The van der Waals surface area contributed by atoms with Gasteiger partial charge in [0.05, 0.1) is 0 Å². The molecule has 0 amide bonds. The standard InChI is InChI=1S/C18H34O2/c19-18(20)16-12-6-4-2-1-3-5-9-13-17-14-10-7-8-11-15-17/h17H,1-16H2,(H,19,20)/i10D,13+1. The summed E-state index contributed by atoms with van der Waals surface area (Å²) in [6.45, 7) is 0. The molecule has 1 aliphatic carbocycles. The fourth-order valence-corrected chi connectivity index (χ4v) is 3.23. The first-order valence-electron chi connectivity index (χ1n) is 9.40. The fraction of sp³-hybridized carbons (Fsp3) is 0.944. The van der Waals surface area contributed by atoms with Crippen LogP contribution in [0.25, 0.3) is 0 Å². The Morgan fingerprint density at radius 3 is 2.25 bits per heavy atom. The molecule has 2 atom stereocenters. The summed E-state index contributed by atoms with van der Waals surface area (Å²) in [5.41, 5.74) is 0. The minimum absolute atomic E-state index is 0.211. The average Bonchev–Trinajstić information content (AvgIpc) is 2.65. The van der Waals surface area contributed by atoms with E-state index in [-0.39, 0.29) is 6.40 Å². The molecule has 118 valence electrons. The molecule has 20 heavy (non-hydrogen) atoms. The van der Waals surface area contributed by atoms with Crippen LogP contribution >= 0.6 is 0 Å². The van der Waals surface area contributed by atoms with Crippen molar-refractivity contribution in [1.29, 1.82) is 0 Å². The van der Waals surface area contributed by atoms with Crippen LogP contribution in [0.1, 0.15) is 104 Å². The van der Waals surface area contributed by atoms with Crippen molar-refractivity contribution in [1.82, 2.24) is 0 Å². The SMILES string of the molecule is [2H]C1CCCCC([13CH2]CCCCCCCCCC(=O)O)C1. The van der Waals surface area contributed by atoms with Crippen molar-refractivity contribution < 1.29 is 11.3 Å². The molecule has 0 aliphatic heterocycles. The lowest BCUT2D eigenvalue weighted by Gasteiger charge is -2.13. The monoisotopic (exact) mass is 284 g/mol. The highest BCUT2D eigenvalue weighted by Crippen LogP contribution is 2.27. The Morgan fingerprint density at radius 2 is 1.55 bits per heavy atom. The number of rotatable bonds is 11. The van der Waals surface area contributed by atoms with Crippen LogP contribution in [-0.4, -0.2) is 11.1 Å². The number of unbranched alkanes of at least 4 members (excludes halogenated alkanes) is 7. The van der Waals surface area contributed by atoms with Crippen molar-refractivity contribution >= 4 is 5.97 Å². The van der Waals surface area contributed by atoms with Gasteiger partial charge < -0.3 is 5.11 Å². The number of aliphatic carboxylic acids is 1. The highest BCUT2D eigenvalue weighted by Gasteiger charge is 2.11. The average molecular weight is 284 g/mol. The van der Waals surface area contributed by atoms with Crippen molar-refractivity contribution in [3.63, 3.8) is 0 Å². The topological polar surface area (TPSA) is 37.3 Å². The Labute approximate surface area is 126 Å². The predicted octanol–water partition coefficient (Wildman–Crippen LogP) is 5.94. The second-order valence-corrected chi connectivity index (χ2v) is 6.44. The van der Waals surface area contributed by atoms with Gasteiger partial charge in [-0.1, -0.05) is 89.9 Å². The molecule has 0 spiro atoms. The minimum Gasteiger partial charge on any atom is -0.481 e. The zero-order chi connectivity index (χ0) is 15.3. The van der Waals surface area contributed by atoms with Crippen LogP contribution in [0.5, 0.6) is 0 Å². The first-order chi connectivity index (χ1) is 10.2. The quantitative estimate of drug-likeness (QED) is 0.289. The van der Waals surface area contributed by atoms with Crippen LogP contribution < -0.4 is 0 Å². The summed E-state index contributed by atoms with van der Waals surface area (Å²) < 4.78 is 7.96. The first-order valence-corrected chi connectivity index (χ1v) is 8.82. The van der Waals surface area contributed by atoms with Crippen molar-refractivity contribution in [3.05, 3.63) is 0 Å². The van der Waals surface area contributed by atoms with Gasteiger partial charge in [-0.05, 0) is 12.3 Å². The largest absolute Gasteiger partial charge is 0.481 e. The van der Waals surface area contributed by atoms with Gasteiger partial charge in [0.15, 0.2) is 0 Å². The molecule has 0 aromatic rings. The van der Waals surface area contributed by atoms with Crippen LogP contribution in [0.3, 0.4) is 0 Å². The number of hydrogen-bond donors (Lipinski definition) is 1. The molecule has 0 aromatic carbocycles. The number of carbonyl (C=O) groups is 1. The van der Waals surface area contributed by atoms with Gasteiger partial charge >= 0.3 is 5.97 Å². The van der Waals surface area contributed by atoms with Crippen LogP contribution in [0.15, 0.2) is 0 Å². The lowest BCUT2D eigenvalue weighted by atomic mass is 10.0. The summed E-state index contributed by atoms with van der Waals surface area (Å²) in [7, 11) is 0. The molecule has 0 aromatic heterocycles. The van der Waals surface area contributed by atoms with Gasteiger partial charge in [-0.2, -0.15) is 0 Å². The van der Waals surface area contributed by atoms with Gasteiger partial charge in [-0.25, -0.2) is 0 Å². The van der Waals surface area contributed by atoms with E-state index in [9.17, 15) is 4.79 Å². The molecule has 1 aliphatic rings. The molecule has 0 bridgehead atoms. The van der Waals surface area contributed by atoms with E-state index in [0.29, 0.717) is 6.42 Å². The second-order valence-electron chi connectivity index (χ2n) is 6.44. The summed E-state index contributed by atoms with van der Waals surface area (Å²) in [5, 5.41) is 8.54. The number of hydrogen-bond acceptors (Lipinski definition) is 1. The Kier molecular flexibility index (Phi) is 9.69. The molecule has 2 heteroatoms. The maximum absolute atomic E-state index is 10.4. The molecule has 0 saturated heterocycles. The molecule has 1 saturated carbocycles. The Hall–Kier alpha value is -0.530. The summed E-state index contributed by atoms with van der Waals surface area (Å²) in [4.78, 5) is 10.4. The lowest BCUT2D eigenvalue weighted by molar-refractivity contribution is -0.137. The maximum atomic E-state index is 10.4. The van der Waals surface area contributed by atoms with Crippen molar-refractivity contribution in [2.45, 2.75) is 103 Å². The van der Waals surface area contributed by atoms with E-state index in [2.05, 4.69) is 0 Å². The normalized spacial score (nSPS) is 24.1. The summed E-state index contributed by atoms with van der Waals surface area (Å²) in [5.74, 6) is 0.162. The third kappa shape index (κ3) is 10.3. The molecule has 2 nitrogen and oxygen atoms in total. The van der Waals surface area contributed by atoms with Gasteiger partial charge in [0.1, 0.15) is 0 Å². The van der Waals surface area contributed by atoms with E-state index in [4.69, 9.17) is 6.48 Å². The second kappa shape index (κ2) is 12.2. The van der Waals surface area contributed by atoms with Crippen LogP contribution in [-0.2, 0) is 4.79 Å². The third-order valence-electron chi connectivity index (χ3n) is 4.52. The molecule has 0 radical (unpaired) electrons. The van der Waals surface area contributed by atoms with E-state index in [0.717, 1.165) is 31.6 Å². The van der Waals surface area contributed by atoms with Crippen LogP contribution in [0.4, 0.5) is 0 Å². The lowest BCUT2D eigenvalue weighted by Crippen LogP contribution is -1.98. The highest BCUT2D eigenvalue weighted by molar-refractivity contribution is 5.66. The van der Waals surface area contributed by atoms with E-state index in [1.54, 1.807) is 0 Å². The van der Waals surface area contributed by atoms with Crippen molar-refractivity contribution in [3.8, 4) is 0 Å². The molecule has 0 heterocycles. The molecular weight excluding hydrogens is 249 g/mol. The molecule has 1 rings (SSSR count).